The Morgan fingerprint density at radius 1 is 1.31 bits per heavy atom. The minimum absolute atomic E-state index is 0. The zero-order valence-electron chi connectivity index (χ0n) is 17.9. The molecule has 0 amide bonds. The third-order valence-electron chi connectivity index (χ3n) is 4.81. The van der Waals surface area contributed by atoms with E-state index < -0.39 is 0 Å². The summed E-state index contributed by atoms with van der Waals surface area (Å²) in [6, 6.07) is 10.6. The zero-order valence-corrected chi connectivity index (χ0v) is 21.0. The van der Waals surface area contributed by atoms with Gasteiger partial charge in [-0.05, 0) is 31.4 Å². The number of hydrogen-bond donors (Lipinski definition) is 1. The third kappa shape index (κ3) is 7.20. The van der Waals surface area contributed by atoms with Gasteiger partial charge in [0.2, 0.25) is 5.89 Å². The molecule has 1 unspecified atom stereocenters. The van der Waals surface area contributed by atoms with E-state index in [1.54, 1.807) is 0 Å². The van der Waals surface area contributed by atoms with Crippen LogP contribution in [0.3, 0.4) is 0 Å². The van der Waals surface area contributed by atoms with Gasteiger partial charge in [-0.25, -0.2) is 9.98 Å². The largest absolute Gasteiger partial charge is 0.443 e. The molecule has 0 spiro atoms. The molecule has 7 heteroatoms. The molecule has 1 aromatic heterocycles. The third-order valence-corrected chi connectivity index (χ3v) is 6.05. The molecular formula is C22H33IN4OS. The molecule has 1 aromatic carbocycles. The van der Waals surface area contributed by atoms with E-state index in [1.165, 1.54) is 11.3 Å². The second-order valence-electron chi connectivity index (χ2n) is 8.26. The quantitative estimate of drug-likeness (QED) is 0.243. The Balaban J connectivity index is 0.00000300. The Morgan fingerprint density at radius 2 is 2.07 bits per heavy atom. The molecule has 2 heterocycles. The number of oxazole rings is 1. The maximum atomic E-state index is 5.88. The maximum absolute atomic E-state index is 5.88. The Kier molecular flexibility index (Phi) is 9.33. The van der Waals surface area contributed by atoms with Crippen molar-refractivity contribution in [2.75, 3.05) is 25.4 Å². The van der Waals surface area contributed by atoms with Crippen molar-refractivity contribution >= 4 is 41.7 Å². The van der Waals surface area contributed by atoms with Crippen LogP contribution in [0.25, 0.3) is 0 Å². The van der Waals surface area contributed by atoms with E-state index in [9.17, 15) is 0 Å². The lowest BCUT2D eigenvalue weighted by Crippen LogP contribution is -2.40. The number of hydrogen-bond acceptors (Lipinski definition) is 4. The van der Waals surface area contributed by atoms with Crippen molar-refractivity contribution in [2.24, 2.45) is 10.9 Å². The van der Waals surface area contributed by atoms with Gasteiger partial charge in [-0.3, -0.25) is 0 Å². The summed E-state index contributed by atoms with van der Waals surface area (Å²) in [6.07, 6.45) is 3.03. The van der Waals surface area contributed by atoms with Crippen LogP contribution in [-0.2, 0) is 12.0 Å². The first-order valence-corrected chi connectivity index (χ1v) is 11.1. The molecule has 1 atom stereocenters. The normalized spacial score (nSPS) is 17.3. The van der Waals surface area contributed by atoms with Crippen LogP contribution in [0.4, 0.5) is 0 Å². The van der Waals surface area contributed by atoms with Crippen molar-refractivity contribution < 1.29 is 4.42 Å². The highest BCUT2D eigenvalue weighted by molar-refractivity contribution is 14.0. The van der Waals surface area contributed by atoms with Gasteiger partial charge in [0, 0.05) is 35.7 Å². The van der Waals surface area contributed by atoms with E-state index in [2.05, 4.69) is 73.2 Å². The number of rotatable bonds is 6. The van der Waals surface area contributed by atoms with Gasteiger partial charge in [-0.2, -0.15) is 0 Å². The fourth-order valence-corrected chi connectivity index (χ4v) is 4.24. The van der Waals surface area contributed by atoms with E-state index in [0.717, 1.165) is 37.1 Å². The summed E-state index contributed by atoms with van der Waals surface area (Å²) >= 11 is 1.95. The monoisotopic (exact) mass is 528 g/mol. The van der Waals surface area contributed by atoms with Gasteiger partial charge in [0.05, 0.1) is 6.20 Å². The number of thioether (sulfide) groups is 1. The highest BCUT2D eigenvalue weighted by Gasteiger charge is 2.25. The van der Waals surface area contributed by atoms with E-state index >= 15 is 0 Å². The van der Waals surface area contributed by atoms with E-state index in [4.69, 9.17) is 9.41 Å². The van der Waals surface area contributed by atoms with Crippen LogP contribution < -0.4 is 5.32 Å². The smallest absolute Gasteiger partial charge is 0.216 e. The van der Waals surface area contributed by atoms with Gasteiger partial charge in [-0.15, -0.1) is 35.7 Å². The Bertz CT molecular complexity index is 773. The fourth-order valence-electron chi connectivity index (χ4n) is 3.19. The van der Waals surface area contributed by atoms with Gasteiger partial charge in [0.25, 0.3) is 0 Å². The number of benzene rings is 1. The van der Waals surface area contributed by atoms with Crippen LogP contribution >= 0.6 is 35.7 Å². The molecule has 1 fully saturated rings. The van der Waals surface area contributed by atoms with Gasteiger partial charge < -0.3 is 14.6 Å². The number of halogens is 1. The lowest BCUT2D eigenvalue weighted by atomic mass is 9.94. The highest BCUT2D eigenvalue weighted by atomic mass is 127. The Labute approximate surface area is 196 Å². The molecule has 0 aliphatic carbocycles. The summed E-state index contributed by atoms with van der Waals surface area (Å²) in [5.41, 5.74) is -0.0297. The lowest BCUT2D eigenvalue weighted by Gasteiger charge is -2.21. The first kappa shape index (κ1) is 24.1. The molecule has 29 heavy (non-hydrogen) atoms. The second-order valence-corrected chi connectivity index (χ2v) is 9.36. The molecule has 2 aromatic rings. The molecule has 0 radical (unpaired) electrons. The number of nitrogens with zero attached hydrogens (tertiary/aromatic N) is 3. The van der Waals surface area contributed by atoms with Crippen molar-refractivity contribution in [3.8, 4) is 0 Å². The highest BCUT2D eigenvalue weighted by Crippen LogP contribution is 2.26. The van der Waals surface area contributed by atoms with E-state index in [1.807, 2.05) is 18.0 Å². The summed E-state index contributed by atoms with van der Waals surface area (Å²) in [5.74, 6) is 4.38. The number of likely N-dealkylation sites (tertiary alicyclic amines) is 1. The van der Waals surface area contributed by atoms with Gasteiger partial charge in [-0.1, -0.05) is 39.0 Å². The van der Waals surface area contributed by atoms with Crippen LogP contribution in [0.5, 0.6) is 0 Å². The number of aliphatic imine (C=N–C) groups is 1. The number of nitrogens with one attached hydrogen (secondary N) is 1. The predicted octanol–water partition coefficient (Wildman–Crippen LogP) is 5.17. The lowest BCUT2D eigenvalue weighted by molar-refractivity contribution is 0.382. The van der Waals surface area contributed by atoms with E-state index in [-0.39, 0.29) is 29.4 Å². The van der Waals surface area contributed by atoms with Crippen molar-refractivity contribution in [3.05, 3.63) is 48.2 Å². The molecule has 3 rings (SSSR count). The van der Waals surface area contributed by atoms with Crippen molar-refractivity contribution in [1.82, 2.24) is 15.2 Å². The van der Waals surface area contributed by atoms with E-state index in [0.29, 0.717) is 18.4 Å². The average Bonchev–Trinajstić information content (AvgIpc) is 3.34. The summed E-state index contributed by atoms with van der Waals surface area (Å²) in [4.78, 5) is 12.9. The van der Waals surface area contributed by atoms with Crippen molar-refractivity contribution in [3.63, 3.8) is 0 Å². The van der Waals surface area contributed by atoms with Crippen LogP contribution in [0.15, 0.2) is 50.8 Å². The molecule has 0 bridgehead atoms. The number of aromatic nitrogens is 1. The first-order valence-electron chi connectivity index (χ1n) is 10.1. The standard InChI is InChI=1S/C22H32N4OS.HI/c1-5-23-21(25-14-20-24-13-19(27-20)22(2,3)4)26-12-11-17(15-26)16-28-18-9-7-6-8-10-18;/h6-10,13,17H,5,11-12,14-16H2,1-4H3,(H,23,25);1H. The molecular weight excluding hydrogens is 495 g/mol. The minimum atomic E-state index is -0.0297. The molecule has 1 aliphatic rings. The molecule has 5 nitrogen and oxygen atoms in total. The number of guanidine groups is 1. The summed E-state index contributed by atoms with van der Waals surface area (Å²) in [5, 5.41) is 3.43. The Morgan fingerprint density at radius 3 is 2.72 bits per heavy atom. The average molecular weight is 529 g/mol. The van der Waals surface area contributed by atoms with Crippen LogP contribution in [0, 0.1) is 5.92 Å². The van der Waals surface area contributed by atoms with Crippen molar-refractivity contribution in [2.45, 2.75) is 51.0 Å². The zero-order chi connectivity index (χ0) is 20.0. The molecule has 1 N–H and O–H groups in total. The van der Waals surface area contributed by atoms with Crippen molar-refractivity contribution in [1.29, 1.82) is 0 Å². The minimum Gasteiger partial charge on any atom is -0.443 e. The molecule has 1 saturated heterocycles. The molecule has 0 saturated carbocycles. The van der Waals surface area contributed by atoms with Crippen LogP contribution in [-0.4, -0.2) is 41.2 Å². The second kappa shape index (κ2) is 11.2. The summed E-state index contributed by atoms with van der Waals surface area (Å²) in [7, 11) is 0. The molecule has 1 aliphatic heterocycles. The Hall–Kier alpha value is -1.22. The summed E-state index contributed by atoms with van der Waals surface area (Å²) < 4.78 is 5.88. The fraction of sp³-hybridized carbons (Fsp3) is 0.545. The first-order chi connectivity index (χ1) is 13.5. The van der Waals surface area contributed by atoms with Gasteiger partial charge >= 0.3 is 0 Å². The SMILES string of the molecule is CCNC(=NCc1ncc(C(C)(C)C)o1)N1CCC(CSc2ccccc2)C1.I. The molecule has 160 valence electrons. The summed E-state index contributed by atoms with van der Waals surface area (Å²) in [6.45, 7) is 11.9. The topological polar surface area (TPSA) is 53.7 Å². The van der Waals surface area contributed by atoms with Crippen LogP contribution in [0.2, 0.25) is 0 Å². The van der Waals surface area contributed by atoms with Gasteiger partial charge in [0.15, 0.2) is 5.96 Å². The van der Waals surface area contributed by atoms with Crippen LogP contribution in [0.1, 0.15) is 45.8 Å². The maximum Gasteiger partial charge on any atom is 0.216 e. The van der Waals surface area contributed by atoms with Gasteiger partial charge in [0.1, 0.15) is 12.3 Å². The predicted molar refractivity (Wildman–Crippen MR) is 132 cm³/mol.